The molecule has 0 saturated heterocycles. The van der Waals surface area contributed by atoms with E-state index in [-0.39, 0.29) is 22.7 Å². The van der Waals surface area contributed by atoms with Gasteiger partial charge in [0.1, 0.15) is 5.75 Å². The second-order valence-electron chi connectivity index (χ2n) is 4.89. The highest BCUT2D eigenvalue weighted by Gasteiger charge is 2.29. The van der Waals surface area contributed by atoms with E-state index in [1.165, 1.54) is 22.6 Å². The number of rotatable bonds is 1. The van der Waals surface area contributed by atoms with Crippen LogP contribution in [0.1, 0.15) is 33.8 Å². The Kier molecular flexibility index (Phi) is 3.44. The SMILES string of the molecule is CC1c2ccsc2CCN1C(=O)c1ccc(O)c(Cl)c1. The van der Waals surface area contributed by atoms with Gasteiger partial charge in [-0.1, -0.05) is 11.6 Å². The van der Waals surface area contributed by atoms with Gasteiger partial charge >= 0.3 is 0 Å². The maximum Gasteiger partial charge on any atom is 0.254 e. The average molecular weight is 308 g/mol. The summed E-state index contributed by atoms with van der Waals surface area (Å²) in [6.45, 7) is 2.76. The molecule has 1 aromatic heterocycles. The van der Waals surface area contributed by atoms with Gasteiger partial charge in [0.05, 0.1) is 11.1 Å². The smallest absolute Gasteiger partial charge is 0.254 e. The van der Waals surface area contributed by atoms with Crippen molar-refractivity contribution in [2.75, 3.05) is 6.54 Å². The second-order valence-corrected chi connectivity index (χ2v) is 6.30. The minimum absolute atomic E-state index is 0.00460. The van der Waals surface area contributed by atoms with Gasteiger partial charge in [0.15, 0.2) is 0 Å². The first-order valence-electron chi connectivity index (χ1n) is 6.43. The number of fused-ring (bicyclic) bond motifs is 1. The number of phenolic OH excluding ortho intramolecular Hbond substituents is 1. The lowest BCUT2D eigenvalue weighted by molar-refractivity contribution is 0.0679. The van der Waals surface area contributed by atoms with E-state index in [2.05, 4.69) is 11.4 Å². The van der Waals surface area contributed by atoms with Crippen molar-refractivity contribution in [2.24, 2.45) is 0 Å². The fourth-order valence-corrected chi connectivity index (χ4v) is 3.74. The predicted molar refractivity (Wildman–Crippen MR) is 80.6 cm³/mol. The third kappa shape index (κ3) is 2.19. The molecular weight excluding hydrogens is 294 g/mol. The third-order valence-corrected chi connectivity index (χ3v) is 5.03. The summed E-state index contributed by atoms with van der Waals surface area (Å²) in [6.07, 6.45) is 0.898. The van der Waals surface area contributed by atoms with E-state index in [0.29, 0.717) is 12.1 Å². The molecule has 1 unspecified atom stereocenters. The number of carbonyl (C=O) groups is 1. The molecule has 0 fully saturated rings. The van der Waals surface area contributed by atoms with Crippen LogP contribution in [-0.2, 0) is 6.42 Å². The summed E-state index contributed by atoms with van der Waals surface area (Å²) < 4.78 is 0. The van der Waals surface area contributed by atoms with Crippen molar-refractivity contribution in [3.63, 3.8) is 0 Å². The molecule has 0 radical (unpaired) electrons. The summed E-state index contributed by atoms with van der Waals surface area (Å²) in [5.74, 6) is -0.0497. The van der Waals surface area contributed by atoms with Crippen molar-refractivity contribution in [3.05, 3.63) is 50.7 Å². The lowest BCUT2D eigenvalue weighted by Crippen LogP contribution is -2.38. The minimum Gasteiger partial charge on any atom is -0.506 e. The molecule has 1 amide bonds. The van der Waals surface area contributed by atoms with Crippen molar-refractivity contribution >= 4 is 28.8 Å². The summed E-state index contributed by atoms with van der Waals surface area (Å²) >= 11 is 7.63. The van der Waals surface area contributed by atoms with Crippen LogP contribution in [0.15, 0.2) is 29.6 Å². The van der Waals surface area contributed by atoms with E-state index in [1.54, 1.807) is 17.4 Å². The largest absolute Gasteiger partial charge is 0.506 e. The number of hydrogen-bond acceptors (Lipinski definition) is 3. The highest BCUT2D eigenvalue weighted by Crippen LogP contribution is 2.34. The molecule has 104 valence electrons. The quantitative estimate of drug-likeness (QED) is 0.869. The van der Waals surface area contributed by atoms with Gasteiger partial charge in [0.2, 0.25) is 0 Å². The predicted octanol–water partition coefficient (Wildman–Crippen LogP) is 3.87. The van der Waals surface area contributed by atoms with Crippen LogP contribution in [0, 0.1) is 0 Å². The van der Waals surface area contributed by atoms with Crippen LogP contribution in [0.3, 0.4) is 0 Å². The summed E-state index contributed by atoms with van der Waals surface area (Å²) in [5.41, 5.74) is 1.75. The first kappa shape index (κ1) is 13.5. The molecule has 3 nitrogen and oxygen atoms in total. The van der Waals surface area contributed by atoms with Crippen molar-refractivity contribution in [1.82, 2.24) is 4.90 Å². The van der Waals surface area contributed by atoms with Gasteiger partial charge < -0.3 is 10.0 Å². The number of halogens is 1. The van der Waals surface area contributed by atoms with E-state index in [4.69, 9.17) is 11.6 Å². The number of thiophene rings is 1. The Balaban J connectivity index is 1.90. The topological polar surface area (TPSA) is 40.5 Å². The Bertz CT molecular complexity index is 668. The highest BCUT2D eigenvalue weighted by atomic mass is 35.5. The zero-order valence-corrected chi connectivity index (χ0v) is 12.5. The molecule has 1 aliphatic rings. The molecule has 1 N–H and O–H groups in total. The zero-order valence-electron chi connectivity index (χ0n) is 11.0. The number of phenols is 1. The van der Waals surface area contributed by atoms with Crippen LogP contribution >= 0.6 is 22.9 Å². The summed E-state index contributed by atoms with van der Waals surface area (Å²) in [5, 5.41) is 11.7. The lowest BCUT2D eigenvalue weighted by Gasteiger charge is -2.33. The first-order chi connectivity index (χ1) is 9.58. The zero-order chi connectivity index (χ0) is 14.3. The fraction of sp³-hybridized carbons (Fsp3) is 0.267. The number of benzene rings is 1. The number of carbonyl (C=O) groups excluding carboxylic acids is 1. The van der Waals surface area contributed by atoms with Crippen molar-refractivity contribution in [1.29, 1.82) is 0 Å². The van der Waals surface area contributed by atoms with Gasteiger partial charge in [-0.05, 0) is 48.6 Å². The van der Waals surface area contributed by atoms with Crippen LogP contribution in [0.4, 0.5) is 0 Å². The average Bonchev–Trinajstić information content (AvgIpc) is 2.91. The number of hydrogen-bond donors (Lipinski definition) is 1. The van der Waals surface area contributed by atoms with Crippen LogP contribution < -0.4 is 0 Å². The molecule has 0 spiro atoms. The highest BCUT2D eigenvalue weighted by molar-refractivity contribution is 7.10. The van der Waals surface area contributed by atoms with Gasteiger partial charge in [0.25, 0.3) is 5.91 Å². The number of nitrogens with zero attached hydrogens (tertiary/aromatic N) is 1. The molecule has 20 heavy (non-hydrogen) atoms. The van der Waals surface area contributed by atoms with Crippen LogP contribution in [0.5, 0.6) is 5.75 Å². The summed E-state index contributed by atoms with van der Waals surface area (Å²) in [7, 11) is 0. The first-order valence-corrected chi connectivity index (χ1v) is 7.69. The standard InChI is InChI=1S/C15H14ClNO2S/c1-9-11-5-7-20-14(11)4-6-17(9)15(19)10-2-3-13(18)12(16)8-10/h2-3,5,7-9,18H,4,6H2,1H3. The van der Waals surface area contributed by atoms with E-state index in [0.717, 1.165) is 6.42 Å². The van der Waals surface area contributed by atoms with Crippen LogP contribution in [-0.4, -0.2) is 22.5 Å². The van der Waals surface area contributed by atoms with Crippen LogP contribution in [0.2, 0.25) is 5.02 Å². The Morgan fingerprint density at radius 3 is 3.00 bits per heavy atom. The molecule has 5 heteroatoms. The van der Waals surface area contributed by atoms with E-state index in [1.807, 2.05) is 11.8 Å². The molecule has 0 saturated carbocycles. The molecular formula is C15H14ClNO2S. The Morgan fingerprint density at radius 2 is 2.25 bits per heavy atom. The third-order valence-electron chi connectivity index (χ3n) is 3.73. The summed E-state index contributed by atoms with van der Waals surface area (Å²) in [4.78, 5) is 15.8. The van der Waals surface area contributed by atoms with Gasteiger partial charge in [-0.15, -0.1) is 11.3 Å². The number of amides is 1. The lowest BCUT2D eigenvalue weighted by atomic mass is 10.0. The van der Waals surface area contributed by atoms with Gasteiger partial charge in [-0.3, -0.25) is 4.79 Å². The fourth-order valence-electron chi connectivity index (χ4n) is 2.59. The molecule has 1 atom stereocenters. The van der Waals surface area contributed by atoms with E-state index >= 15 is 0 Å². The van der Waals surface area contributed by atoms with Gasteiger partial charge in [-0.2, -0.15) is 0 Å². The normalized spacial score (nSPS) is 17.9. The van der Waals surface area contributed by atoms with Crippen molar-refractivity contribution in [2.45, 2.75) is 19.4 Å². The maximum absolute atomic E-state index is 12.6. The Labute approximate surface area is 126 Å². The van der Waals surface area contributed by atoms with Gasteiger partial charge in [0, 0.05) is 17.0 Å². The monoisotopic (exact) mass is 307 g/mol. The van der Waals surface area contributed by atoms with E-state index < -0.39 is 0 Å². The summed E-state index contributed by atoms with van der Waals surface area (Å²) in [6, 6.07) is 6.76. The molecule has 0 aliphatic carbocycles. The second kappa shape index (κ2) is 5.11. The Hall–Kier alpha value is -1.52. The molecule has 1 aromatic carbocycles. The van der Waals surface area contributed by atoms with Gasteiger partial charge in [-0.25, -0.2) is 0 Å². The number of aromatic hydroxyl groups is 1. The molecule has 2 aromatic rings. The Morgan fingerprint density at radius 1 is 1.45 bits per heavy atom. The maximum atomic E-state index is 12.6. The van der Waals surface area contributed by atoms with Crippen molar-refractivity contribution < 1.29 is 9.90 Å². The molecule has 1 aliphatic heterocycles. The molecule has 3 rings (SSSR count). The molecule has 0 bridgehead atoms. The minimum atomic E-state index is -0.0451. The van der Waals surface area contributed by atoms with Crippen LogP contribution in [0.25, 0.3) is 0 Å². The van der Waals surface area contributed by atoms with E-state index in [9.17, 15) is 9.90 Å². The van der Waals surface area contributed by atoms with Crippen molar-refractivity contribution in [3.8, 4) is 5.75 Å². The molecule has 2 heterocycles.